The van der Waals surface area contributed by atoms with Crippen LogP contribution in [0.2, 0.25) is 0 Å². The Kier molecular flexibility index (Phi) is 4.32. The maximum absolute atomic E-state index is 4.67. The van der Waals surface area contributed by atoms with E-state index in [-0.39, 0.29) is 5.41 Å². The van der Waals surface area contributed by atoms with E-state index in [4.69, 9.17) is 0 Å². The smallest absolute Gasteiger partial charge is 0.137 e. The van der Waals surface area contributed by atoms with Gasteiger partial charge in [0.05, 0.1) is 11.1 Å². The van der Waals surface area contributed by atoms with Gasteiger partial charge in [0.2, 0.25) is 0 Å². The fourth-order valence-electron chi connectivity index (χ4n) is 1.66. The Balaban J connectivity index is 2.33. The minimum atomic E-state index is -0.0737. The lowest BCUT2D eigenvalue weighted by Crippen LogP contribution is -2.17. The number of nitrogens with one attached hydrogen (secondary N) is 1. The summed E-state index contributed by atoms with van der Waals surface area (Å²) in [6.45, 7) is 9.27. The Morgan fingerprint density at radius 3 is 2.60 bits per heavy atom. The Labute approximate surface area is 124 Å². The highest BCUT2D eigenvalue weighted by atomic mass is 32.2. The van der Waals surface area contributed by atoms with E-state index in [1.165, 1.54) is 0 Å². The average molecular weight is 291 g/mol. The summed E-state index contributed by atoms with van der Waals surface area (Å²) in [6.07, 6.45) is 3.83. The standard InChI is InChI=1S/C14H21N5S/c1-6-15-11-7-12(18-13(17-11)14(2,3)4)20-10-8-16-19(5)9-10/h7-9H,6H2,1-5H3,(H,15,17,18). The van der Waals surface area contributed by atoms with Crippen LogP contribution in [0.5, 0.6) is 0 Å². The summed E-state index contributed by atoms with van der Waals surface area (Å²) in [7, 11) is 1.91. The van der Waals surface area contributed by atoms with E-state index in [2.05, 4.69) is 48.1 Å². The van der Waals surface area contributed by atoms with Crippen molar-refractivity contribution in [2.75, 3.05) is 11.9 Å². The zero-order chi connectivity index (χ0) is 14.8. The highest BCUT2D eigenvalue weighted by molar-refractivity contribution is 7.99. The van der Waals surface area contributed by atoms with Crippen molar-refractivity contribution < 1.29 is 0 Å². The molecule has 2 aromatic heterocycles. The van der Waals surface area contributed by atoms with Crippen LogP contribution < -0.4 is 5.32 Å². The Hall–Kier alpha value is -1.56. The van der Waals surface area contributed by atoms with Crippen LogP contribution in [0, 0.1) is 0 Å². The van der Waals surface area contributed by atoms with Crippen molar-refractivity contribution in [2.24, 2.45) is 7.05 Å². The zero-order valence-corrected chi connectivity index (χ0v) is 13.5. The maximum atomic E-state index is 4.67. The van der Waals surface area contributed by atoms with E-state index >= 15 is 0 Å². The number of anilines is 1. The Bertz CT molecular complexity index is 585. The summed E-state index contributed by atoms with van der Waals surface area (Å²) in [5.74, 6) is 1.72. The first-order valence-corrected chi connectivity index (χ1v) is 7.50. The fraction of sp³-hybridized carbons (Fsp3) is 0.500. The van der Waals surface area contributed by atoms with E-state index in [1.54, 1.807) is 16.4 Å². The summed E-state index contributed by atoms with van der Waals surface area (Å²) >= 11 is 1.60. The second-order valence-corrected chi connectivity index (χ2v) is 6.74. The molecule has 0 saturated heterocycles. The molecule has 0 spiro atoms. The molecular formula is C14H21N5S. The topological polar surface area (TPSA) is 55.6 Å². The van der Waals surface area contributed by atoms with Gasteiger partial charge in [-0.15, -0.1) is 0 Å². The second kappa shape index (κ2) is 5.83. The molecule has 0 unspecified atom stereocenters. The molecule has 0 bridgehead atoms. The zero-order valence-electron chi connectivity index (χ0n) is 12.6. The van der Waals surface area contributed by atoms with E-state index < -0.39 is 0 Å². The van der Waals surface area contributed by atoms with Crippen molar-refractivity contribution in [1.82, 2.24) is 19.7 Å². The van der Waals surface area contributed by atoms with Crippen molar-refractivity contribution in [3.63, 3.8) is 0 Å². The number of hydrogen-bond donors (Lipinski definition) is 1. The predicted octanol–water partition coefficient (Wildman–Crippen LogP) is 3.09. The Morgan fingerprint density at radius 1 is 1.30 bits per heavy atom. The van der Waals surface area contributed by atoms with Gasteiger partial charge in [-0.05, 0) is 6.92 Å². The number of aryl methyl sites for hydroxylation is 1. The van der Waals surface area contributed by atoms with Crippen LogP contribution in [-0.4, -0.2) is 26.3 Å². The third-order valence-corrected chi connectivity index (χ3v) is 3.50. The highest BCUT2D eigenvalue weighted by Crippen LogP contribution is 2.29. The molecule has 0 aliphatic carbocycles. The van der Waals surface area contributed by atoms with Crippen LogP contribution in [0.1, 0.15) is 33.5 Å². The van der Waals surface area contributed by atoms with Gasteiger partial charge < -0.3 is 5.32 Å². The summed E-state index contributed by atoms with van der Waals surface area (Å²) in [4.78, 5) is 10.3. The van der Waals surface area contributed by atoms with Gasteiger partial charge in [-0.1, -0.05) is 32.5 Å². The molecule has 0 fully saturated rings. The lowest BCUT2D eigenvalue weighted by molar-refractivity contribution is 0.539. The fourth-order valence-corrected chi connectivity index (χ4v) is 2.51. The van der Waals surface area contributed by atoms with E-state index in [1.807, 2.05) is 25.5 Å². The third-order valence-electron chi connectivity index (χ3n) is 2.63. The van der Waals surface area contributed by atoms with Gasteiger partial charge in [-0.2, -0.15) is 5.10 Å². The second-order valence-electron chi connectivity index (χ2n) is 5.65. The highest BCUT2D eigenvalue weighted by Gasteiger charge is 2.19. The van der Waals surface area contributed by atoms with Gasteiger partial charge in [0.1, 0.15) is 16.7 Å². The predicted molar refractivity (Wildman–Crippen MR) is 82.2 cm³/mol. The summed E-state index contributed by atoms with van der Waals surface area (Å²) < 4.78 is 1.79. The number of aromatic nitrogens is 4. The average Bonchev–Trinajstić information content (AvgIpc) is 2.74. The van der Waals surface area contributed by atoms with Crippen molar-refractivity contribution in [2.45, 2.75) is 43.0 Å². The van der Waals surface area contributed by atoms with Crippen LogP contribution >= 0.6 is 11.8 Å². The minimum Gasteiger partial charge on any atom is -0.370 e. The first-order chi connectivity index (χ1) is 9.38. The molecule has 108 valence electrons. The number of rotatable bonds is 4. The van der Waals surface area contributed by atoms with Crippen molar-refractivity contribution in [1.29, 1.82) is 0 Å². The van der Waals surface area contributed by atoms with Gasteiger partial charge in [0, 0.05) is 31.3 Å². The first-order valence-electron chi connectivity index (χ1n) is 6.68. The lowest BCUT2D eigenvalue weighted by Gasteiger charge is -2.18. The molecule has 0 amide bonds. The summed E-state index contributed by atoms with van der Waals surface area (Å²) in [5, 5.41) is 8.38. The van der Waals surface area contributed by atoms with Gasteiger partial charge >= 0.3 is 0 Å². The number of hydrogen-bond acceptors (Lipinski definition) is 5. The minimum absolute atomic E-state index is 0.0737. The molecular weight excluding hydrogens is 270 g/mol. The quantitative estimate of drug-likeness (QED) is 0.877. The van der Waals surface area contributed by atoms with E-state index in [9.17, 15) is 0 Å². The molecule has 6 heteroatoms. The van der Waals surface area contributed by atoms with Crippen molar-refractivity contribution in [3.05, 3.63) is 24.3 Å². The SMILES string of the molecule is CCNc1cc(Sc2cnn(C)c2)nc(C(C)(C)C)n1. The van der Waals surface area contributed by atoms with Crippen LogP contribution in [0.25, 0.3) is 0 Å². The van der Waals surface area contributed by atoms with Gasteiger partial charge in [-0.25, -0.2) is 9.97 Å². The Morgan fingerprint density at radius 2 is 2.05 bits per heavy atom. The molecule has 20 heavy (non-hydrogen) atoms. The first kappa shape index (κ1) is 14.8. The molecule has 1 N–H and O–H groups in total. The lowest BCUT2D eigenvalue weighted by atomic mass is 9.96. The summed E-state index contributed by atoms with van der Waals surface area (Å²) in [5.41, 5.74) is -0.0737. The molecule has 0 atom stereocenters. The monoisotopic (exact) mass is 291 g/mol. The molecule has 2 rings (SSSR count). The summed E-state index contributed by atoms with van der Waals surface area (Å²) in [6, 6.07) is 1.98. The van der Waals surface area contributed by atoms with Crippen LogP contribution in [0.15, 0.2) is 28.4 Å². The largest absolute Gasteiger partial charge is 0.370 e. The molecule has 0 radical (unpaired) electrons. The third kappa shape index (κ3) is 3.72. The molecule has 2 aromatic rings. The molecule has 5 nitrogen and oxygen atoms in total. The van der Waals surface area contributed by atoms with Crippen molar-refractivity contribution >= 4 is 17.6 Å². The maximum Gasteiger partial charge on any atom is 0.137 e. The van der Waals surface area contributed by atoms with Crippen LogP contribution in [0.4, 0.5) is 5.82 Å². The number of nitrogens with zero attached hydrogens (tertiary/aromatic N) is 4. The normalized spacial score (nSPS) is 11.7. The molecule has 0 aromatic carbocycles. The molecule has 0 aliphatic rings. The van der Waals surface area contributed by atoms with Gasteiger partial charge in [0.25, 0.3) is 0 Å². The van der Waals surface area contributed by atoms with Gasteiger partial charge in [-0.3, -0.25) is 4.68 Å². The molecule has 0 aliphatic heterocycles. The van der Waals surface area contributed by atoms with Crippen LogP contribution in [0.3, 0.4) is 0 Å². The van der Waals surface area contributed by atoms with Gasteiger partial charge in [0.15, 0.2) is 0 Å². The van der Waals surface area contributed by atoms with Crippen molar-refractivity contribution in [3.8, 4) is 0 Å². The van der Waals surface area contributed by atoms with E-state index in [0.29, 0.717) is 0 Å². The van der Waals surface area contributed by atoms with E-state index in [0.717, 1.165) is 28.1 Å². The molecule has 0 saturated carbocycles. The molecule has 2 heterocycles. The van der Waals surface area contributed by atoms with Crippen LogP contribution in [-0.2, 0) is 12.5 Å².